The Bertz CT molecular complexity index is 854. The van der Waals surface area contributed by atoms with Crippen LogP contribution in [0.1, 0.15) is 30.3 Å². The highest BCUT2D eigenvalue weighted by Crippen LogP contribution is 2.18. The van der Waals surface area contributed by atoms with E-state index in [0.29, 0.717) is 18.5 Å². The van der Waals surface area contributed by atoms with Crippen molar-refractivity contribution in [3.05, 3.63) is 41.2 Å². The molecule has 1 N–H and O–H groups in total. The van der Waals surface area contributed by atoms with E-state index in [1.807, 2.05) is 25.6 Å². The Labute approximate surface area is 142 Å². The van der Waals surface area contributed by atoms with Gasteiger partial charge >= 0.3 is 0 Å². The van der Waals surface area contributed by atoms with Gasteiger partial charge in [0.15, 0.2) is 9.84 Å². The molecular weight excluding hydrogens is 326 g/mol. The lowest BCUT2D eigenvalue weighted by molar-refractivity contribution is -0.116. The summed E-state index contributed by atoms with van der Waals surface area (Å²) in [5.74, 6) is -0.118. The topological polar surface area (TPSA) is 81.1 Å². The van der Waals surface area contributed by atoms with Gasteiger partial charge in [0.2, 0.25) is 5.91 Å². The van der Waals surface area contributed by atoms with Crippen molar-refractivity contribution in [1.29, 1.82) is 0 Å². The summed E-state index contributed by atoms with van der Waals surface area (Å²) >= 11 is 0. The zero-order chi connectivity index (χ0) is 17.9. The van der Waals surface area contributed by atoms with Crippen LogP contribution in [-0.2, 0) is 28.1 Å². The van der Waals surface area contributed by atoms with Gasteiger partial charge in [-0.05, 0) is 44.0 Å². The molecule has 1 heterocycles. The van der Waals surface area contributed by atoms with E-state index >= 15 is 0 Å². The number of aryl methyl sites for hydroxylation is 2. The summed E-state index contributed by atoms with van der Waals surface area (Å²) in [7, 11) is -1.40. The molecule has 1 aromatic heterocycles. The third kappa shape index (κ3) is 4.03. The Balaban J connectivity index is 2.04. The lowest BCUT2D eigenvalue weighted by Gasteiger charge is -2.08. The van der Waals surface area contributed by atoms with E-state index in [1.165, 1.54) is 12.1 Å². The van der Waals surface area contributed by atoms with Crippen molar-refractivity contribution in [2.75, 3.05) is 11.1 Å². The van der Waals surface area contributed by atoms with Crippen molar-refractivity contribution in [3.8, 4) is 0 Å². The highest BCUT2D eigenvalue weighted by molar-refractivity contribution is 7.91. The maximum atomic E-state index is 12.2. The van der Waals surface area contributed by atoms with Crippen molar-refractivity contribution in [1.82, 2.24) is 9.78 Å². The first kappa shape index (κ1) is 18.2. The molecule has 0 unspecified atom stereocenters. The van der Waals surface area contributed by atoms with Crippen LogP contribution in [-0.4, -0.2) is 29.9 Å². The first-order valence-corrected chi connectivity index (χ1v) is 9.51. The number of benzene rings is 1. The van der Waals surface area contributed by atoms with Crippen molar-refractivity contribution < 1.29 is 13.2 Å². The molecule has 0 aliphatic rings. The van der Waals surface area contributed by atoms with E-state index in [9.17, 15) is 13.2 Å². The number of carbonyl (C=O) groups is 1. The van der Waals surface area contributed by atoms with Crippen LogP contribution in [0.4, 0.5) is 5.69 Å². The standard InChI is InChI=1S/C17H23N3O3S/c1-5-24(22,23)15-8-6-7-14(11-15)18-17(21)10-9-16-12(2)19-20(4)13(16)3/h6-8,11H,5,9-10H2,1-4H3,(H,18,21). The zero-order valence-corrected chi connectivity index (χ0v) is 15.3. The maximum Gasteiger partial charge on any atom is 0.224 e. The minimum absolute atomic E-state index is 0.0317. The third-order valence-electron chi connectivity index (χ3n) is 4.12. The largest absolute Gasteiger partial charge is 0.326 e. The van der Waals surface area contributed by atoms with Crippen LogP contribution in [0.25, 0.3) is 0 Å². The molecule has 1 amide bonds. The van der Waals surface area contributed by atoms with Crippen LogP contribution in [0.15, 0.2) is 29.2 Å². The van der Waals surface area contributed by atoms with Gasteiger partial charge in [0.05, 0.1) is 16.3 Å². The van der Waals surface area contributed by atoms with Gasteiger partial charge < -0.3 is 5.32 Å². The molecule has 0 saturated heterocycles. The van der Waals surface area contributed by atoms with Gasteiger partial charge in [-0.15, -0.1) is 0 Å². The van der Waals surface area contributed by atoms with Crippen LogP contribution in [0.2, 0.25) is 0 Å². The highest BCUT2D eigenvalue weighted by atomic mass is 32.2. The van der Waals surface area contributed by atoms with Crippen molar-refractivity contribution >= 4 is 21.4 Å². The second kappa shape index (κ2) is 7.17. The van der Waals surface area contributed by atoms with E-state index in [0.717, 1.165) is 17.0 Å². The molecule has 130 valence electrons. The van der Waals surface area contributed by atoms with E-state index in [4.69, 9.17) is 0 Å². The number of anilines is 1. The van der Waals surface area contributed by atoms with Crippen molar-refractivity contribution in [2.24, 2.45) is 7.05 Å². The van der Waals surface area contributed by atoms with Gasteiger partial charge in [-0.2, -0.15) is 5.10 Å². The van der Waals surface area contributed by atoms with Crippen molar-refractivity contribution in [3.63, 3.8) is 0 Å². The lowest BCUT2D eigenvalue weighted by atomic mass is 10.1. The summed E-state index contributed by atoms with van der Waals surface area (Å²) in [5.41, 5.74) is 3.55. The molecule has 7 heteroatoms. The van der Waals surface area contributed by atoms with E-state index in [1.54, 1.807) is 19.1 Å². The predicted octanol–water partition coefficient (Wildman–Crippen LogP) is 2.40. The second-order valence-corrected chi connectivity index (χ2v) is 8.03. The number of hydrogen-bond donors (Lipinski definition) is 1. The number of hydrogen-bond acceptors (Lipinski definition) is 4. The average molecular weight is 349 g/mol. The minimum Gasteiger partial charge on any atom is -0.326 e. The summed E-state index contributed by atoms with van der Waals surface area (Å²) in [6, 6.07) is 6.36. The van der Waals surface area contributed by atoms with Gasteiger partial charge in [-0.3, -0.25) is 9.48 Å². The third-order valence-corrected chi connectivity index (χ3v) is 5.85. The van der Waals surface area contributed by atoms with Gasteiger partial charge in [-0.25, -0.2) is 8.42 Å². The van der Waals surface area contributed by atoms with Crippen LogP contribution in [0, 0.1) is 13.8 Å². The molecule has 0 bridgehead atoms. The second-order valence-electron chi connectivity index (χ2n) is 5.75. The van der Waals surface area contributed by atoms with Crippen LogP contribution >= 0.6 is 0 Å². The van der Waals surface area contributed by atoms with E-state index in [-0.39, 0.29) is 16.6 Å². The predicted molar refractivity (Wildman–Crippen MR) is 93.8 cm³/mol. The number of aromatic nitrogens is 2. The Kier molecular flexibility index (Phi) is 5.43. The molecule has 0 fully saturated rings. The normalized spacial score (nSPS) is 11.5. The molecule has 0 atom stereocenters. The fraction of sp³-hybridized carbons (Fsp3) is 0.412. The van der Waals surface area contributed by atoms with Crippen LogP contribution in [0.5, 0.6) is 0 Å². The SMILES string of the molecule is CCS(=O)(=O)c1cccc(NC(=O)CCc2c(C)nn(C)c2C)c1. The smallest absolute Gasteiger partial charge is 0.224 e. The fourth-order valence-corrected chi connectivity index (χ4v) is 3.50. The number of carbonyl (C=O) groups excluding carboxylic acids is 1. The molecular formula is C17H23N3O3S. The summed E-state index contributed by atoms with van der Waals surface area (Å²) in [4.78, 5) is 12.4. The molecule has 24 heavy (non-hydrogen) atoms. The number of nitrogens with one attached hydrogen (secondary N) is 1. The summed E-state index contributed by atoms with van der Waals surface area (Å²) in [5, 5.41) is 7.10. The number of nitrogens with zero attached hydrogens (tertiary/aromatic N) is 2. The average Bonchev–Trinajstić information content (AvgIpc) is 2.78. The van der Waals surface area contributed by atoms with E-state index in [2.05, 4.69) is 10.4 Å². The zero-order valence-electron chi connectivity index (χ0n) is 14.5. The van der Waals surface area contributed by atoms with Gasteiger partial charge in [0.1, 0.15) is 0 Å². The first-order chi connectivity index (χ1) is 11.2. The highest BCUT2D eigenvalue weighted by Gasteiger charge is 2.14. The monoisotopic (exact) mass is 349 g/mol. The van der Waals surface area contributed by atoms with Gasteiger partial charge in [0, 0.05) is 24.8 Å². The molecule has 2 rings (SSSR count). The molecule has 0 aliphatic carbocycles. The molecule has 6 nitrogen and oxygen atoms in total. The molecule has 1 aromatic carbocycles. The number of amides is 1. The first-order valence-electron chi connectivity index (χ1n) is 7.86. The van der Waals surface area contributed by atoms with Gasteiger partial charge in [0.25, 0.3) is 0 Å². The number of sulfone groups is 1. The van der Waals surface area contributed by atoms with Gasteiger partial charge in [-0.1, -0.05) is 13.0 Å². The Hall–Kier alpha value is -2.15. The summed E-state index contributed by atoms with van der Waals surface area (Å²) in [6.07, 6.45) is 0.919. The fourth-order valence-electron chi connectivity index (χ4n) is 2.58. The Morgan fingerprint density at radius 3 is 2.58 bits per heavy atom. The minimum atomic E-state index is -3.28. The van der Waals surface area contributed by atoms with Crippen LogP contribution < -0.4 is 5.32 Å². The molecule has 0 aliphatic heterocycles. The molecule has 0 radical (unpaired) electrons. The summed E-state index contributed by atoms with van der Waals surface area (Å²) in [6.45, 7) is 5.50. The molecule has 2 aromatic rings. The van der Waals surface area contributed by atoms with Crippen molar-refractivity contribution in [2.45, 2.75) is 38.5 Å². The summed E-state index contributed by atoms with van der Waals surface area (Å²) < 4.78 is 25.6. The molecule has 0 spiro atoms. The quantitative estimate of drug-likeness (QED) is 0.868. The van der Waals surface area contributed by atoms with E-state index < -0.39 is 9.84 Å². The Morgan fingerprint density at radius 1 is 1.29 bits per heavy atom. The Morgan fingerprint density at radius 2 is 2.00 bits per heavy atom. The maximum absolute atomic E-state index is 12.2. The number of rotatable bonds is 6. The molecule has 0 saturated carbocycles. The van der Waals surface area contributed by atoms with Crippen LogP contribution in [0.3, 0.4) is 0 Å². The lowest BCUT2D eigenvalue weighted by Crippen LogP contribution is -2.13.